The van der Waals surface area contributed by atoms with Crippen LogP contribution < -0.4 is 19.7 Å². The van der Waals surface area contributed by atoms with Crippen LogP contribution in [0.4, 0.5) is 17.1 Å². The van der Waals surface area contributed by atoms with Crippen molar-refractivity contribution in [2.75, 3.05) is 45.3 Å². The average molecular weight is 647 g/mol. The number of nitrogens with one attached hydrogen (secondary N) is 1. The van der Waals surface area contributed by atoms with Gasteiger partial charge in [0.1, 0.15) is 0 Å². The maximum atomic E-state index is 11.7. The van der Waals surface area contributed by atoms with E-state index in [2.05, 4.69) is 15.1 Å². The van der Waals surface area contributed by atoms with E-state index in [9.17, 15) is 29.8 Å². The second-order valence-corrected chi connectivity index (χ2v) is 11.8. The Balaban J connectivity index is 0.000000169. The Morgan fingerprint density at radius 1 is 0.778 bits per heavy atom. The molecule has 45 heavy (non-hydrogen) atoms. The van der Waals surface area contributed by atoms with Crippen LogP contribution in [0.15, 0.2) is 36.4 Å². The molecule has 2 aromatic carbocycles. The smallest absolute Gasteiger partial charge is 0.311 e. The topological polar surface area (TPSA) is 161 Å². The summed E-state index contributed by atoms with van der Waals surface area (Å²) in [5.41, 5.74) is 0.793. The lowest BCUT2D eigenvalue weighted by Gasteiger charge is -2.41. The number of nitro benzene ring substituents is 2. The monoisotopic (exact) mass is 646 g/mol. The van der Waals surface area contributed by atoms with E-state index >= 15 is 0 Å². The molecule has 2 amide bonds. The summed E-state index contributed by atoms with van der Waals surface area (Å²) in [5.74, 6) is 0.823. The predicted molar refractivity (Wildman–Crippen MR) is 168 cm³/mol. The molecule has 4 fully saturated rings. The van der Waals surface area contributed by atoms with Gasteiger partial charge in [0.15, 0.2) is 11.5 Å². The van der Waals surface area contributed by atoms with Gasteiger partial charge < -0.3 is 29.5 Å². The van der Waals surface area contributed by atoms with Gasteiger partial charge in [-0.3, -0.25) is 29.8 Å². The molecule has 4 aliphatic rings. The molecule has 6 rings (SSSR count). The summed E-state index contributed by atoms with van der Waals surface area (Å²) in [6, 6.07) is 10.5. The van der Waals surface area contributed by atoms with Gasteiger partial charge in [0.2, 0.25) is 11.8 Å². The van der Waals surface area contributed by atoms with E-state index in [-0.39, 0.29) is 46.8 Å². The average Bonchev–Trinajstić information content (AvgIpc) is 3.44. The molecule has 2 aromatic rings. The number of hydrogen-bond donors (Lipinski definition) is 1. The van der Waals surface area contributed by atoms with Crippen molar-refractivity contribution in [3.8, 4) is 11.5 Å². The van der Waals surface area contributed by atoms with Crippen LogP contribution in [0.5, 0.6) is 11.5 Å². The number of halogens is 1. The molecule has 4 saturated heterocycles. The van der Waals surface area contributed by atoms with Crippen LogP contribution in [0.2, 0.25) is 5.02 Å². The molecular formula is C30H39ClN6O8. The number of benzene rings is 2. The highest BCUT2D eigenvalue weighted by Gasteiger charge is 2.41. The summed E-state index contributed by atoms with van der Waals surface area (Å²) in [6.45, 7) is 6.81. The minimum absolute atomic E-state index is 0.0309. The Morgan fingerprint density at radius 2 is 1.22 bits per heavy atom. The van der Waals surface area contributed by atoms with Crippen molar-refractivity contribution >= 4 is 40.5 Å². The first-order valence-corrected chi connectivity index (χ1v) is 15.2. The number of methoxy groups -OCH3 is 2. The quantitative estimate of drug-likeness (QED) is 0.371. The summed E-state index contributed by atoms with van der Waals surface area (Å²) in [6.07, 6.45) is 4.42. The van der Waals surface area contributed by atoms with Crippen LogP contribution in [0.25, 0.3) is 0 Å². The van der Waals surface area contributed by atoms with E-state index in [1.807, 2.05) is 4.90 Å². The first-order chi connectivity index (χ1) is 21.4. The highest BCUT2D eigenvalue weighted by molar-refractivity contribution is 6.30. The van der Waals surface area contributed by atoms with Crippen molar-refractivity contribution in [2.24, 2.45) is 0 Å². The number of fused-ring (bicyclic) bond motifs is 4. The maximum Gasteiger partial charge on any atom is 0.311 e. The summed E-state index contributed by atoms with van der Waals surface area (Å²) >= 11 is 5.60. The molecule has 0 aromatic heterocycles. The number of ether oxygens (including phenoxy) is 2. The van der Waals surface area contributed by atoms with Crippen LogP contribution in [0, 0.1) is 20.2 Å². The van der Waals surface area contributed by atoms with Crippen LogP contribution >= 0.6 is 11.6 Å². The third-order valence-corrected chi connectivity index (χ3v) is 8.89. The molecule has 0 saturated carbocycles. The van der Waals surface area contributed by atoms with Crippen LogP contribution in [0.3, 0.4) is 0 Å². The fourth-order valence-corrected chi connectivity index (χ4v) is 6.90. The van der Waals surface area contributed by atoms with Crippen molar-refractivity contribution in [1.82, 2.24) is 15.1 Å². The molecule has 0 aliphatic carbocycles. The Labute approximate surface area is 266 Å². The second kappa shape index (κ2) is 14.7. The number of carbonyl (C=O) groups is 2. The minimum atomic E-state index is -0.519. The van der Waals surface area contributed by atoms with E-state index in [0.29, 0.717) is 17.1 Å². The number of hydrogen-bond acceptors (Lipinski definition) is 10. The highest BCUT2D eigenvalue weighted by atomic mass is 35.5. The number of amides is 2. The number of nitrogens with zero attached hydrogens (tertiary/aromatic N) is 5. The lowest BCUT2D eigenvalue weighted by Crippen LogP contribution is -2.55. The van der Waals surface area contributed by atoms with Crippen LogP contribution in [-0.4, -0.2) is 96.0 Å². The molecule has 4 aliphatic heterocycles. The second-order valence-electron chi connectivity index (χ2n) is 11.4. The van der Waals surface area contributed by atoms with Crippen molar-refractivity contribution in [3.63, 3.8) is 0 Å². The Morgan fingerprint density at radius 3 is 1.67 bits per heavy atom. The highest BCUT2D eigenvalue weighted by Crippen LogP contribution is 2.36. The van der Waals surface area contributed by atoms with Crippen molar-refractivity contribution < 1.29 is 28.9 Å². The first-order valence-electron chi connectivity index (χ1n) is 14.8. The number of nitro groups is 2. The van der Waals surface area contributed by atoms with Gasteiger partial charge in [-0.25, -0.2) is 0 Å². The SMILES string of the molecule is CC(=O)N1C2CCC1CNC2.COc1cc(Cl)ccc1[N+](=O)[O-].COc1cc(N2CC3CCC(C2)N3C(C)=O)ccc1[N+](=O)[O-]. The van der Waals surface area contributed by atoms with Crippen LogP contribution in [0.1, 0.15) is 39.5 Å². The Bertz CT molecular complexity index is 1400. The fourth-order valence-electron chi connectivity index (χ4n) is 6.74. The fraction of sp³-hybridized carbons (Fsp3) is 0.533. The van der Waals surface area contributed by atoms with Crippen molar-refractivity contribution in [3.05, 3.63) is 61.6 Å². The normalized spacial score (nSPS) is 22.8. The molecule has 4 heterocycles. The number of anilines is 1. The zero-order valence-electron chi connectivity index (χ0n) is 25.8. The summed E-state index contributed by atoms with van der Waals surface area (Å²) < 4.78 is 9.90. The zero-order valence-corrected chi connectivity index (χ0v) is 26.6. The van der Waals surface area contributed by atoms with Gasteiger partial charge in [-0.1, -0.05) is 11.6 Å². The Hall–Kier alpha value is -4.17. The third-order valence-electron chi connectivity index (χ3n) is 8.65. The van der Waals surface area contributed by atoms with Gasteiger partial charge in [0.05, 0.1) is 24.1 Å². The lowest BCUT2D eigenvalue weighted by atomic mass is 10.1. The lowest BCUT2D eigenvalue weighted by molar-refractivity contribution is -0.385. The van der Waals surface area contributed by atoms with Gasteiger partial charge in [0, 0.05) is 99.2 Å². The standard InChI is InChI=1S/C15H19N3O4.C8H14N2O.C7H6ClNO3/c1-10(19)17-12-3-4-13(17)9-16(8-12)11-5-6-14(18(20)21)15(7-11)22-2;1-6(11)10-7-2-3-8(10)5-9-4-7;1-12-7-4-5(8)2-3-6(7)9(10)11/h5-7,12-13H,3-4,8-9H2,1-2H3;7-9H,2-5H2,1H3;2-4H,1H3. The number of rotatable bonds is 5. The predicted octanol–water partition coefficient (Wildman–Crippen LogP) is 4.03. The molecule has 4 unspecified atom stereocenters. The van der Waals surface area contributed by atoms with E-state index in [1.165, 1.54) is 51.3 Å². The maximum absolute atomic E-state index is 11.7. The largest absolute Gasteiger partial charge is 0.490 e. The minimum Gasteiger partial charge on any atom is -0.490 e. The van der Waals surface area contributed by atoms with E-state index in [1.54, 1.807) is 26.0 Å². The molecule has 15 heteroatoms. The van der Waals surface area contributed by atoms with Gasteiger partial charge in [-0.2, -0.15) is 0 Å². The van der Waals surface area contributed by atoms with Gasteiger partial charge in [0.25, 0.3) is 0 Å². The molecule has 0 spiro atoms. The summed E-state index contributed by atoms with van der Waals surface area (Å²) in [4.78, 5) is 49.5. The van der Waals surface area contributed by atoms with Gasteiger partial charge in [-0.05, 0) is 37.8 Å². The third kappa shape index (κ3) is 7.74. The summed E-state index contributed by atoms with van der Waals surface area (Å²) in [5, 5.41) is 25.1. The Kier molecular flexibility index (Phi) is 11.0. The molecule has 0 radical (unpaired) electrons. The zero-order chi connectivity index (χ0) is 32.8. The van der Waals surface area contributed by atoms with Crippen LogP contribution in [-0.2, 0) is 9.59 Å². The molecule has 4 bridgehead atoms. The molecule has 1 N–H and O–H groups in total. The number of piperazine rings is 2. The van der Waals surface area contributed by atoms with E-state index in [4.69, 9.17) is 21.1 Å². The number of carbonyl (C=O) groups excluding carboxylic acids is 2. The van der Waals surface area contributed by atoms with Gasteiger partial charge in [-0.15, -0.1) is 0 Å². The van der Waals surface area contributed by atoms with Crippen molar-refractivity contribution in [2.45, 2.75) is 63.7 Å². The molecule has 14 nitrogen and oxygen atoms in total. The van der Waals surface area contributed by atoms with Gasteiger partial charge >= 0.3 is 11.4 Å². The summed E-state index contributed by atoms with van der Waals surface area (Å²) in [7, 11) is 2.79. The van der Waals surface area contributed by atoms with Crippen molar-refractivity contribution in [1.29, 1.82) is 0 Å². The van der Waals surface area contributed by atoms with E-state index < -0.39 is 9.85 Å². The first kappa shape index (κ1) is 33.7. The molecular weight excluding hydrogens is 608 g/mol. The molecule has 244 valence electrons. The molecule has 4 atom stereocenters. The van der Waals surface area contributed by atoms with E-state index in [0.717, 1.165) is 44.7 Å².